The number of hydrogen-bond acceptors (Lipinski definition) is 4. The molecule has 0 fully saturated rings. The average molecular weight is 372 g/mol. The number of benzene rings is 1. The van der Waals surface area contributed by atoms with Gasteiger partial charge < -0.3 is 5.32 Å². The van der Waals surface area contributed by atoms with E-state index in [1.165, 1.54) is 6.33 Å². The van der Waals surface area contributed by atoms with Crippen molar-refractivity contribution in [2.75, 3.05) is 5.32 Å². The molecule has 1 N–H and O–H groups in total. The monoisotopic (exact) mass is 371 g/mol. The summed E-state index contributed by atoms with van der Waals surface area (Å²) in [5.41, 5.74) is 0.959. The van der Waals surface area contributed by atoms with Gasteiger partial charge >= 0.3 is 0 Å². The summed E-state index contributed by atoms with van der Waals surface area (Å²) in [6, 6.07) is 9.71. The first-order chi connectivity index (χ1) is 8.72. The highest BCUT2D eigenvalue weighted by molar-refractivity contribution is 14.1. The SMILES string of the molecule is Clc1cc(Nc2cccc(I)c2)n2ncnc2n1. The molecule has 3 aromatic rings. The summed E-state index contributed by atoms with van der Waals surface area (Å²) in [6.07, 6.45) is 1.44. The van der Waals surface area contributed by atoms with Crippen LogP contribution in [0.4, 0.5) is 11.5 Å². The minimum absolute atomic E-state index is 0.378. The first kappa shape index (κ1) is 11.7. The van der Waals surface area contributed by atoms with Crippen LogP contribution in [0.5, 0.6) is 0 Å². The van der Waals surface area contributed by atoms with Crippen LogP contribution in [0.15, 0.2) is 36.7 Å². The summed E-state index contributed by atoms with van der Waals surface area (Å²) >= 11 is 8.20. The molecule has 0 atom stereocenters. The molecule has 1 aromatic carbocycles. The van der Waals surface area contributed by atoms with Crippen molar-refractivity contribution >= 4 is 51.5 Å². The largest absolute Gasteiger partial charge is 0.340 e. The number of hydrogen-bond donors (Lipinski definition) is 1. The van der Waals surface area contributed by atoms with Gasteiger partial charge in [0.05, 0.1) is 0 Å². The van der Waals surface area contributed by atoms with E-state index in [4.69, 9.17) is 11.6 Å². The molecule has 7 heteroatoms. The Morgan fingerprint density at radius 3 is 3.00 bits per heavy atom. The number of nitrogens with zero attached hydrogens (tertiary/aromatic N) is 4. The van der Waals surface area contributed by atoms with E-state index in [9.17, 15) is 0 Å². The van der Waals surface area contributed by atoms with Crippen LogP contribution in [-0.4, -0.2) is 19.6 Å². The second-order valence-electron chi connectivity index (χ2n) is 3.57. The zero-order chi connectivity index (χ0) is 12.5. The second kappa shape index (κ2) is 4.69. The van der Waals surface area contributed by atoms with Crippen molar-refractivity contribution < 1.29 is 0 Å². The molecular weight excluding hydrogens is 365 g/mol. The normalized spacial score (nSPS) is 10.8. The quantitative estimate of drug-likeness (QED) is 0.555. The number of anilines is 2. The van der Waals surface area contributed by atoms with E-state index in [1.807, 2.05) is 24.3 Å². The van der Waals surface area contributed by atoms with Crippen molar-refractivity contribution in [1.82, 2.24) is 19.6 Å². The van der Waals surface area contributed by atoms with Gasteiger partial charge in [-0.3, -0.25) is 0 Å². The van der Waals surface area contributed by atoms with Crippen molar-refractivity contribution in [3.8, 4) is 0 Å². The Morgan fingerprint density at radius 2 is 2.17 bits per heavy atom. The van der Waals surface area contributed by atoms with Crippen LogP contribution >= 0.6 is 34.2 Å². The molecule has 3 rings (SSSR count). The fourth-order valence-electron chi connectivity index (χ4n) is 1.59. The van der Waals surface area contributed by atoms with Gasteiger partial charge in [0.1, 0.15) is 17.3 Å². The molecule has 0 saturated carbocycles. The highest BCUT2D eigenvalue weighted by Crippen LogP contribution is 2.20. The highest BCUT2D eigenvalue weighted by atomic mass is 127. The van der Waals surface area contributed by atoms with Gasteiger partial charge in [0.2, 0.25) is 0 Å². The van der Waals surface area contributed by atoms with Gasteiger partial charge in [-0.2, -0.15) is 19.6 Å². The third-order valence-electron chi connectivity index (χ3n) is 2.32. The van der Waals surface area contributed by atoms with Crippen molar-refractivity contribution in [1.29, 1.82) is 0 Å². The van der Waals surface area contributed by atoms with Crippen LogP contribution in [0.25, 0.3) is 5.78 Å². The highest BCUT2D eigenvalue weighted by Gasteiger charge is 2.06. The van der Waals surface area contributed by atoms with E-state index in [0.717, 1.165) is 15.1 Å². The predicted octanol–water partition coefficient (Wildman–Crippen LogP) is 3.13. The first-order valence-corrected chi connectivity index (χ1v) is 6.57. The second-order valence-corrected chi connectivity index (χ2v) is 5.20. The van der Waals surface area contributed by atoms with Gasteiger partial charge in [-0.25, -0.2) is 0 Å². The summed E-state index contributed by atoms with van der Waals surface area (Å²) in [6.45, 7) is 0. The number of halogens is 2. The summed E-state index contributed by atoms with van der Waals surface area (Å²) in [5, 5.41) is 7.72. The average Bonchev–Trinajstić information content (AvgIpc) is 2.77. The summed E-state index contributed by atoms with van der Waals surface area (Å²) < 4.78 is 2.75. The van der Waals surface area contributed by atoms with Gasteiger partial charge in [-0.05, 0) is 40.8 Å². The lowest BCUT2D eigenvalue weighted by atomic mass is 10.3. The van der Waals surface area contributed by atoms with Crippen molar-refractivity contribution in [2.45, 2.75) is 0 Å². The van der Waals surface area contributed by atoms with Gasteiger partial charge in [0.25, 0.3) is 5.78 Å². The molecule has 2 aromatic heterocycles. The molecule has 90 valence electrons. The van der Waals surface area contributed by atoms with Crippen molar-refractivity contribution in [3.05, 3.63) is 45.4 Å². The van der Waals surface area contributed by atoms with Crippen LogP contribution in [0, 0.1) is 3.57 Å². The van der Waals surface area contributed by atoms with Crippen LogP contribution in [0.3, 0.4) is 0 Å². The molecule has 0 spiro atoms. The Hall–Kier alpha value is -1.41. The van der Waals surface area contributed by atoms with Crippen LogP contribution < -0.4 is 5.32 Å². The number of nitrogens with one attached hydrogen (secondary N) is 1. The maximum absolute atomic E-state index is 5.94. The number of aromatic nitrogens is 4. The van der Waals surface area contributed by atoms with Gasteiger partial charge in [0.15, 0.2) is 0 Å². The Balaban J connectivity index is 2.06. The van der Waals surface area contributed by atoms with Gasteiger partial charge in [-0.15, -0.1) is 0 Å². The van der Waals surface area contributed by atoms with Crippen LogP contribution in [0.2, 0.25) is 5.15 Å². The molecular formula is C11H7ClIN5. The third kappa shape index (κ3) is 2.25. The van der Waals surface area contributed by atoms with E-state index < -0.39 is 0 Å². The molecule has 18 heavy (non-hydrogen) atoms. The van der Waals surface area contributed by atoms with E-state index in [0.29, 0.717) is 10.9 Å². The van der Waals surface area contributed by atoms with E-state index >= 15 is 0 Å². The molecule has 0 radical (unpaired) electrons. The third-order valence-corrected chi connectivity index (χ3v) is 3.18. The van der Waals surface area contributed by atoms with Crippen molar-refractivity contribution in [2.24, 2.45) is 0 Å². The standard InChI is InChI=1S/C11H7ClIN5/c12-9-5-10(18-11(17-9)14-6-15-18)16-8-3-1-2-7(13)4-8/h1-6,16H. The summed E-state index contributed by atoms with van der Waals surface area (Å²) in [5.74, 6) is 1.19. The lowest BCUT2D eigenvalue weighted by Gasteiger charge is -2.08. The van der Waals surface area contributed by atoms with E-state index in [2.05, 4.69) is 43.0 Å². The number of rotatable bonds is 2. The molecule has 5 nitrogen and oxygen atoms in total. The molecule has 0 aliphatic rings. The molecule has 0 aliphatic heterocycles. The Bertz CT molecular complexity index is 711. The fraction of sp³-hybridized carbons (Fsp3) is 0. The minimum Gasteiger partial charge on any atom is -0.340 e. The molecule has 0 aliphatic carbocycles. The Morgan fingerprint density at radius 1 is 1.28 bits per heavy atom. The van der Waals surface area contributed by atoms with Crippen LogP contribution in [0.1, 0.15) is 0 Å². The van der Waals surface area contributed by atoms with Gasteiger partial charge in [0, 0.05) is 15.3 Å². The maximum Gasteiger partial charge on any atom is 0.255 e. The smallest absolute Gasteiger partial charge is 0.255 e. The topological polar surface area (TPSA) is 55.1 Å². The Labute approximate surface area is 121 Å². The van der Waals surface area contributed by atoms with Crippen LogP contribution in [-0.2, 0) is 0 Å². The lowest BCUT2D eigenvalue weighted by molar-refractivity contribution is 0.947. The summed E-state index contributed by atoms with van der Waals surface area (Å²) in [4.78, 5) is 8.08. The summed E-state index contributed by atoms with van der Waals surface area (Å²) in [7, 11) is 0. The molecule has 0 bridgehead atoms. The minimum atomic E-state index is 0.378. The first-order valence-electron chi connectivity index (χ1n) is 5.11. The maximum atomic E-state index is 5.94. The Kier molecular flexibility index (Phi) is 3.04. The predicted molar refractivity (Wildman–Crippen MR) is 78.2 cm³/mol. The van der Waals surface area contributed by atoms with E-state index in [1.54, 1.807) is 10.6 Å². The van der Waals surface area contributed by atoms with Crippen molar-refractivity contribution in [3.63, 3.8) is 0 Å². The molecule has 2 heterocycles. The molecule has 0 unspecified atom stereocenters. The zero-order valence-corrected chi connectivity index (χ0v) is 11.9. The van der Waals surface area contributed by atoms with E-state index in [-0.39, 0.29) is 0 Å². The lowest BCUT2D eigenvalue weighted by Crippen LogP contribution is -2.01. The van der Waals surface area contributed by atoms with Gasteiger partial charge in [-0.1, -0.05) is 17.7 Å². The molecule has 0 amide bonds. The molecule has 0 saturated heterocycles. The zero-order valence-electron chi connectivity index (χ0n) is 9.01. The fourth-order valence-corrected chi connectivity index (χ4v) is 2.31. The number of fused-ring (bicyclic) bond motifs is 1.